The van der Waals surface area contributed by atoms with Gasteiger partial charge in [0.15, 0.2) is 0 Å². The molecule has 0 aliphatic heterocycles. The molecule has 4 aliphatic carbocycles. The molecule has 8 atom stereocenters. The Kier molecular flexibility index (Phi) is 5.72. The quantitative estimate of drug-likeness (QED) is 0.375. The Labute approximate surface area is 185 Å². The molecule has 3 unspecified atom stereocenters. The number of hydrogen-bond donors (Lipinski definition) is 0. The van der Waals surface area contributed by atoms with Crippen LogP contribution in [-0.2, 0) is 28.6 Å². The number of carbonyl (C=O) groups excluding carboxylic acids is 3. The second-order valence-corrected chi connectivity index (χ2v) is 10.6. The number of esters is 3. The molecule has 6 nitrogen and oxygen atoms in total. The van der Waals surface area contributed by atoms with E-state index < -0.39 is 0 Å². The van der Waals surface area contributed by atoms with Crippen molar-refractivity contribution in [2.24, 2.45) is 28.6 Å². The molecule has 0 aromatic rings. The molecule has 6 heteroatoms. The molecule has 4 rings (SSSR count). The van der Waals surface area contributed by atoms with E-state index in [1.54, 1.807) is 0 Å². The smallest absolute Gasteiger partial charge is 0.302 e. The summed E-state index contributed by atoms with van der Waals surface area (Å²) in [6.45, 7) is 8.96. The molecular weight excluding hydrogens is 396 g/mol. The molecule has 0 aromatic heterocycles. The van der Waals surface area contributed by atoms with Crippen molar-refractivity contribution in [2.75, 3.05) is 0 Å². The van der Waals surface area contributed by atoms with Gasteiger partial charge in [0.2, 0.25) is 0 Å². The van der Waals surface area contributed by atoms with Crippen molar-refractivity contribution in [3.63, 3.8) is 0 Å². The minimum absolute atomic E-state index is 0.00176. The number of ether oxygens (including phenoxy) is 3. The zero-order valence-electron chi connectivity index (χ0n) is 19.4. The highest BCUT2D eigenvalue weighted by molar-refractivity contribution is 5.67. The van der Waals surface area contributed by atoms with Crippen molar-refractivity contribution in [1.29, 1.82) is 0 Å². The predicted molar refractivity (Wildman–Crippen MR) is 114 cm³/mol. The second-order valence-electron chi connectivity index (χ2n) is 10.6. The number of rotatable bonds is 3. The van der Waals surface area contributed by atoms with Gasteiger partial charge in [0, 0.05) is 44.4 Å². The van der Waals surface area contributed by atoms with E-state index in [2.05, 4.69) is 19.9 Å². The van der Waals surface area contributed by atoms with Crippen LogP contribution in [0.5, 0.6) is 0 Å². The van der Waals surface area contributed by atoms with Crippen LogP contribution in [0.25, 0.3) is 0 Å². The first-order chi connectivity index (χ1) is 14.6. The Bertz CT molecular complexity index is 802. The summed E-state index contributed by atoms with van der Waals surface area (Å²) in [6, 6.07) is 0. The van der Waals surface area contributed by atoms with Crippen molar-refractivity contribution >= 4 is 17.9 Å². The Morgan fingerprint density at radius 2 is 1.52 bits per heavy atom. The standard InChI is InChI=1S/C25H36O6/c1-14(26)29-18-12-17-6-7-19-20-8-9-22(30-15(2)27)24(20,4)11-10-21(19)25(17,5)23(13-18)31-16(3)28/h6,18-23H,7-13H2,1-5H3/t18?,19-,20-,21+,22?,23?,24-,25-/m0/s1. The molecular formula is C25H36O6. The topological polar surface area (TPSA) is 78.9 Å². The maximum atomic E-state index is 12.0. The molecule has 4 aliphatic rings. The third kappa shape index (κ3) is 3.70. The summed E-state index contributed by atoms with van der Waals surface area (Å²) < 4.78 is 17.2. The van der Waals surface area contributed by atoms with E-state index in [1.807, 2.05) is 0 Å². The predicted octanol–water partition coefficient (Wildman–Crippen LogP) is 4.35. The molecule has 0 heterocycles. The number of hydrogen-bond acceptors (Lipinski definition) is 6. The SMILES string of the molecule is CC(=O)OC1CC2=CC[C@@H]3[C@@H](CC[C@]4(C)C(OC(C)=O)CC[C@@H]34)[C@@]2(C)C(OC(C)=O)C1. The molecule has 172 valence electrons. The lowest BCUT2D eigenvalue weighted by Gasteiger charge is -2.59. The van der Waals surface area contributed by atoms with E-state index in [-0.39, 0.29) is 47.0 Å². The van der Waals surface area contributed by atoms with Gasteiger partial charge >= 0.3 is 17.9 Å². The molecule has 0 spiro atoms. The van der Waals surface area contributed by atoms with Gasteiger partial charge in [-0.2, -0.15) is 0 Å². The Hall–Kier alpha value is -1.85. The first kappa shape index (κ1) is 22.3. The van der Waals surface area contributed by atoms with Crippen LogP contribution in [-0.4, -0.2) is 36.2 Å². The number of allylic oxidation sites excluding steroid dienone is 1. The van der Waals surface area contributed by atoms with Crippen LogP contribution >= 0.6 is 0 Å². The Morgan fingerprint density at radius 3 is 2.16 bits per heavy atom. The van der Waals surface area contributed by atoms with Crippen LogP contribution in [0.1, 0.15) is 79.6 Å². The summed E-state index contributed by atoms with van der Waals surface area (Å²) in [7, 11) is 0. The average molecular weight is 433 g/mol. The van der Waals surface area contributed by atoms with Crippen molar-refractivity contribution in [3.05, 3.63) is 11.6 Å². The van der Waals surface area contributed by atoms with Crippen LogP contribution in [0, 0.1) is 28.6 Å². The van der Waals surface area contributed by atoms with Gasteiger partial charge in [0.05, 0.1) is 0 Å². The van der Waals surface area contributed by atoms with E-state index >= 15 is 0 Å². The van der Waals surface area contributed by atoms with Crippen LogP contribution < -0.4 is 0 Å². The maximum Gasteiger partial charge on any atom is 0.302 e. The van der Waals surface area contributed by atoms with Crippen LogP contribution in [0.4, 0.5) is 0 Å². The van der Waals surface area contributed by atoms with E-state index in [9.17, 15) is 14.4 Å². The summed E-state index contributed by atoms with van der Waals surface area (Å²) in [5.74, 6) is 0.619. The fourth-order valence-corrected chi connectivity index (χ4v) is 7.70. The highest BCUT2D eigenvalue weighted by Crippen LogP contribution is 2.65. The van der Waals surface area contributed by atoms with Crippen molar-refractivity contribution in [3.8, 4) is 0 Å². The molecule has 0 aromatic carbocycles. The average Bonchev–Trinajstić information content (AvgIpc) is 2.98. The minimum Gasteiger partial charge on any atom is -0.462 e. The fraction of sp³-hybridized carbons (Fsp3) is 0.800. The maximum absolute atomic E-state index is 12.0. The molecule has 0 amide bonds. The molecule has 0 radical (unpaired) electrons. The normalized spacial score (nSPS) is 43.6. The van der Waals surface area contributed by atoms with Crippen molar-refractivity contribution in [2.45, 2.75) is 97.9 Å². The zero-order valence-corrected chi connectivity index (χ0v) is 19.4. The van der Waals surface area contributed by atoms with Gasteiger partial charge < -0.3 is 14.2 Å². The first-order valence-electron chi connectivity index (χ1n) is 11.8. The Morgan fingerprint density at radius 1 is 0.871 bits per heavy atom. The molecule has 0 bridgehead atoms. The lowest BCUT2D eigenvalue weighted by molar-refractivity contribution is -0.174. The highest BCUT2D eigenvalue weighted by atomic mass is 16.6. The number of carbonyl (C=O) groups is 3. The molecule has 3 fully saturated rings. The monoisotopic (exact) mass is 432 g/mol. The Balaban J connectivity index is 1.65. The summed E-state index contributed by atoms with van der Waals surface area (Å²) in [6.07, 6.45) is 8.09. The lowest BCUT2D eigenvalue weighted by Crippen LogP contribution is -2.57. The van der Waals surface area contributed by atoms with Crippen molar-refractivity contribution < 1.29 is 28.6 Å². The third-order valence-electron chi connectivity index (χ3n) is 8.99. The van der Waals surface area contributed by atoms with Crippen molar-refractivity contribution in [1.82, 2.24) is 0 Å². The van der Waals surface area contributed by atoms with E-state index in [4.69, 9.17) is 14.2 Å². The van der Waals surface area contributed by atoms with E-state index in [0.29, 0.717) is 24.2 Å². The minimum atomic E-state index is -0.294. The summed E-state index contributed by atoms with van der Waals surface area (Å²) in [5.41, 5.74) is 1.04. The van der Waals surface area contributed by atoms with Gasteiger partial charge in [-0.3, -0.25) is 14.4 Å². The summed E-state index contributed by atoms with van der Waals surface area (Å²) >= 11 is 0. The second kappa shape index (κ2) is 7.93. The lowest BCUT2D eigenvalue weighted by atomic mass is 9.47. The third-order valence-corrected chi connectivity index (χ3v) is 8.99. The molecule has 0 N–H and O–H groups in total. The van der Waals surface area contributed by atoms with Crippen LogP contribution in [0.3, 0.4) is 0 Å². The molecule has 0 saturated heterocycles. The van der Waals surface area contributed by atoms with Gasteiger partial charge in [0.1, 0.15) is 18.3 Å². The van der Waals surface area contributed by atoms with Crippen LogP contribution in [0.15, 0.2) is 11.6 Å². The van der Waals surface area contributed by atoms with E-state index in [0.717, 1.165) is 38.5 Å². The van der Waals surface area contributed by atoms with Crippen LogP contribution in [0.2, 0.25) is 0 Å². The summed E-state index contributed by atoms with van der Waals surface area (Å²) in [4.78, 5) is 35.3. The largest absolute Gasteiger partial charge is 0.462 e. The summed E-state index contributed by atoms with van der Waals surface area (Å²) in [5, 5.41) is 0. The number of fused-ring (bicyclic) bond motifs is 5. The van der Waals surface area contributed by atoms with Gasteiger partial charge in [-0.15, -0.1) is 0 Å². The van der Waals surface area contributed by atoms with Gasteiger partial charge in [-0.05, 0) is 49.9 Å². The molecule has 3 saturated carbocycles. The first-order valence-corrected chi connectivity index (χ1v) is 11.8. The van der Waals surface area contributed by atoms with Gasteiger partial charge in [-0.25, -0.2) is 0 Å². The van der Waals surface area contributed by atoms with Gasteiger partial charge in [-0.1, -0.05) is 25.5 Å². The molecule has 31 heavy (non-hydrogen) atoms. The fourth-order valence-electron chi connectivity index (χ4n) is 7.70. The van der Waals surface area contributed by atoms with E-state index in [1.165, 1.54) is 26.3 Å². The van der Waals surface area contributed by atoms with Gasteiger partial charge in [0.25, 0.3) is 0 Å². The zero-order chi connectivity index (χ0) is 22.6. The highest BCUT2D eigenvalue weighted by Gasteiger charge is 2.62.